The molecule has 236 valence electrons. The number of hydrogen-bond donors (Lipinski definition) is 4. The Labute approximate surface area is 260 Å². The molecule has 4 atom stereocenters. The zero-order chi connectivity index (χ0) is 32.6. The molecule has 0 fully saturated rings. The maximum atomic E-state index is 13.5. The molecule has 0 amide bonds. The highest BCUT2D eigenvalue weighted by Crippen LogP contribution is 2.48. The molecule has 8 bridgehead atoms. The van der Waals surface area contributed by atoms with Crippen LogP contribution in [0.4, 0.5) is 0 Å². The Morgan fingerprint density at radius 2 is 1.73 bits per heavy atom. The van der Waals surface area contributed by atoms with Crippen molar-refractivity contribution >= 4 is 40.1 Å². The van der Waals surface area contributed by atoms with E-state index in [-0.39, 0.29) is 58.7 Å². The van der Waals surface area contributed by atoms with E-state index in [1.54, 1.807) is 26.0 Å². The summed E-state index contributed by atoms with van der Waals surface area (Å²) in [5.41, 5.74) is 3.15. The molecule has 0 aromatic carbocycles. The third kappa shape index (κ3) is 4.43. The van der Waals surface area contributed by atoms with E-state index in [4.69, 9.17) is 19.4 Å². The summed E-state index contributed by atoms with van der Waals surface area (Å²) >= 11 is 0. The lowest BCUT2D eigenvalue weighted by Crippen LogP contribution is -2.43. The standard InChI is InChI=1S/C34H38N4O7/c1-8-18-15(3)20-12-21-16(4)19(10-11-26(39)44-7)29(36-21)28-30-27(31(40)45-32(28)41)17(5)22(37-30)13-25-34(43,9-2)33(6,42)24(38-25)14-23(18)35-20/h12-14,16,19,36-37,42-43H,8-11H2,1-7H3/t16-,19-,33-,34-/m0/s1. The van der Waals surface area contributed by atoms with E-state index in [1.807, 2.05) is 26.8 Å². The van der Waals surface area contributed by atoms with Crippen molar-refractivity contribution in [1.29, 1.82) is 0 Å². The topological polar surface area (TPSA) is 167 Å². The van der Waals surface area contributed by atoms with Crippen LogP contribution in [0.5, 0.6) is 0 Å². The van der Waals surface area contributed by atoms with Crippen molar-refractivity contribution in [2.75, 3.05) is 7.11 Å². The molecule has 4 N–H and O–H groups in total. The van der Waals surface area contributed by atoms with Crippen LogP contribution < -0.4 is 0 Å². The summed E-state index contributed by atoms with van der Waals surface area (Å²) in [5, 5.41) is 23.7. The molecule has 0 radical (unpaired) electrons. The van der Waals surface area contributed by atoms with Crippen molar-refractivity contribution in [3.05, 3.63) is 69.1 Å². The Kier molecular flexibility index (Phi) is 7.24. The normalized spacial score (nSPS) is 24.9. The number of aliphatic hydroxyl groups is 2. The van der Waals surface area contributed by atoms with Gasteiger partial charge in [0.05, 0.1) is 41.0 Å². The molecular weight excluding hydrogens is 576 g/mol. The number of cyclic esters (lactones) is 2. The number of esters is 3. The summed E-state index contributed by atoms with van der Waals surface area (Å²) in [7, 11) is 1.34. The zero-order valence-corrected chi connectivity index (χ0v) is 26.5. The molecule has 0 unspecified atom stereocenters. The van der Waals surface area contributed by atoms with Crippen LogP contribution in [-0.2, 0) is 25.5 Å². The molecule has 2 aromatic rings. The number of aromatic amines is 2. The lowest BCUT2D eigenvalue weighted by atomic mass is 9.80. The number of carbonyl (C=O) groups excluding carboxylic acids is 3. The Morgan fingerprint density at radius 1 is 1.02 bits per heavy atom. The van der Waals surface area contributed by atoms with E-state index in [0.29, 0.717) is 41.0 Å². The summed E-state index contributed by atoms with van der Waals surface area (Å²) in [5.74, 6) is -2.44. The molecule has 11 heteroatoms. The van der Waals surface area contributed by atoms with E-state index >= 15 is 0 Å². The average molecular weight is 615 g/mol. The zero-order valence-electron chi connectivity index (χ0n) is 26.5. The number of methoxy groups -OCH3 is 1. The first-order valence-electron chi connectivity index (χ1n) is 15.3. The number of nitrogens with one attached hydrogen (secondary N) is 2. The molecular formula is C34H38N4O7. The van der Waals surface area contributed by atoms with Crippen LogP contribution in [-0.4, -0.2) is 55.2 Å². The average Bonchev–Trinajstić information content (AvgIpc) is 3.64. The number of H-pyrrole nitrogens is 2. The molecule has 0 saturated heterocycles. The third-order valence-corrected chi connectivity index (χ3v) is 10.1. The molecule has 2 aromatic heterocycles. The maximum absolute atomic E-state index is 13.5. The Bertz CT molecular complexity index is 1900. The van der Waals surface area contributed by atoms with Gasteiger partial charge in [-0.15, -0.1) is 0 Å². The fourth-order valence-corrected chi connectivity index (χ4v) is 7.14. The highest BCUT2D eigenvalue weighted by molar-refractivity contribution is 6.18. The van der Waals surface area contributed by atoms with Crippen molar-refractivity contribution in [2.24, 2.45) is 0 Å². The minimum atomic E-state index is -1.75. The van der Waals surface area contributed by atoms with Gasteiger partial charge >= 0.3 is 17.9 Å². The van der Waals surface area contributed by atoms with E-state index in [0.717, 1.165) is 16.8 Å². The van der Waals surface area contributed by atoms with Crippen LogP contribution >= 0.6 is 0 Å². The molecule has 0 saturated carbocycles. The number of ether oxygens (including phenoxy) is 2. The molecule has 6 rings (SSSR count). The first-order valence-corrected chi connectivity index (χ1v) is 15.3. The van der Waals surface area contributed by atoms with Crippen molar-refractivity contribution in [3.8, 4) is 0 Å². The third-order valence-electron chi connectivity index (χ3n) is 10.1. The second-order valence-electron chi connectivity index (χ2n) is 12.4. The van der Waals surface area contributed by atoms with Crippen molar-refractivity contribution in [1.82, 2.24) is 19.9 Å². The number of fused-ring (bicyclic) bond motifs is 8. The van der Waals surface area contributed by atoms with Crippen LogP contribution in [0.25, 0.3) is 22.2 Å². The summed E-state index contributed by atoms with van der Waals surface area (Å²) in [4.78, 5) is 55.2. The highest BCUT2D eigenvalue weighted by Gasteiger charge is 2.53. The highest BCUT2D eigenvalue weighted by atomic mass is 16.6. The number of allylic oxidation sites excluding steroid dienone is 2. The van der Waals surface area contributed by atoms with Gasteiger partial charge < -0.3 is 29.7 Å². The molecule has 4 aliphatic rings. The van der Waals surface area contributed by atoms with Gasteiger partial charge in [-0.2, -0.15) is 0 Å². The Morgan fingerprint density at radius 3 is 2.40 bits per heavy atom. The van der Waals surface area contributed by atoms with E-state index in [1.165, 1.54) is 14.0 Å². The number of hydrogen-bond acceptors (Lipinski definition) is 9. The lowest BCUT2D eigenvalue weighted by Gasteiger charge is -2.34. The molecule has 11 nitrogen and oxygen atoms in total. The molecule has 0 aliphatic carbocycles. The van der Waals surface area contributed by atoms with Gasteiger partial charge in [0.25, 0.3) is 0 Å². The summed E-state index contributed by atoms with van der Waals surface area (Å²) in [6.45, 7) is 11.1. The molecule has 6 heterocycles. The second-order valence-corrected chi connectivity index (χ2v) is 12.4. The van der Waals surface area contributed by atoms with Crippen LogP contribution in [0, 0.1) is 6.92 Å². The minimum absolute atomic E-state index is 0.127. The predicted molar refractivity (Wildman–Crippen MR) is 166 cm³/mol. The van der Waals surface area contributed by atoms with Crippen LogP contribution in [0.3, 0.4) is 0 Å². The smallest absolute Gasteiger partial charge is 0.349 e. The SMILES string of the molecule is CCC1=C(C)c2cc3[nH]c(c4c5[nH]c(cc6nc(cc1n2)[C@](C)(O)[C@]6(O)CC)c(C)c5C(=O)OC4=O)[C@@H](CCC(=O)OC)[C@@H]3C. The first-order chi connectivity index (χ1) is 21.3. The fourth-order valence-electron chi connectivity index (χ4n) is 7.14. The Balaban J connectivity index is 1.79. The molecule has 4 aliphatic heterocycles. The van der Waals surface area contributed by atoms with Crippen molar-refractivity contribution in [2.45, 2.75) is 90.3 Å². The summed E-state index contributed by atoms with van der Waals surface area (Å²) < 4.78 is 10.2. The largest absolute Gasteiger partial charge is 0.469 e. The van der Waals surface area contributed by atoms with E-state index in [9.17, 15) is 24.6 Å². The number of carbonyl (C=O) groups is 3. The van der Waals surface area contributed by atoms with Gasteiger partial charge in [0.2, 0.25) is 0 Å². The number of aryl methyl sites for hydroxylation is 1. The van der Waals surface area contributed by atoms with Gasteiger partial charge in [-0.25, -0.2) is 14.6 Å². The number of nitrogens with zero attached hydrogens (tertiary/aromatic N) is 2. The van der Waals surface area contributed by atoms with Crippen LogP contribution in [0.15, 0.2) is 18.2 Å². The fraction of sp³-hybridized carbons (Fsp3) is 0.441. The molecule has 45 heavy (non-hydrogen) atoms. The van der Waals surface area contributed by atoms with Gasteiger partial charge in [-0.1, -0.05) is 20.8 Å². The quantitative estimate of drug-likeness (QED) is 0.257. The minimum Gasteiger partial charge on any atom is -0.469 e. The lowest BCUT2D eigenvalue weighted by molar-refractivity contribution is -0.149. The monoisotopic (exact) mass is 614 g/mol. The predicted octanol–water partition coefficient (Wildman–Crippen LogP) is 5.34. The van der Waals surface area contributed by atoms with Crippen molar-refractivity contribution < 1.29 is 34.1 Å². The Hall–Kier alpha value is -4.35. The van der Waals surface area contributed by atoms with E-state index < -0.39 is 23.1 Å². The van der Waals surface area contributed by atoms with Gasteiger partial charge in [0.15, 0.2) is 0 Å². The van der Waals surface area contributed by atoms with Gasteiger partial charge in [-0.3, -0.25) is 9.78 Å². The van der Waals surface area contributed by atoms with Gasteiger partial charge in [-0.05, 0) is 74.9 Å². The number of rotatable bonds is 5. The second kappa shape index (κ2) is 10.6. The van der Waals surface area contributed by atoms with Gasteiger partial charge in [0, 0.05) is 35.2 Å². The van der Waals surface area contributed by atoms with Crippen LogP contribution in [0.2, 0.25) is 0 Å². The summed E-state index contributed by atoms with van der Waals surface area (Å²) in [6, 6.07) is 5.28. The summed E-state index contributed by atoms with van der Waals surface area (Å²) in [6.07, 6.45) is 1.34. The van der Waals surface area contributed by atoms with Crippen molar-refractivity contribution in [3.63, 3.8) is 0 Å². The van der Waals surface area contributed by atoms with Gasteiger partial charge in [0.1, 0.15) is 16.8 Å². The first kappa shape index (κ1) is 30.7. The number of aromatic nitrogens is 4. The van der Waals surface area contributed by atoms with Crippen LogP contribution in [0.1, 0.15) is 133 Å². The molecule has 0 spiro atoms. The maximum Gasteiger partial charge on any atom is 0.349 e. The van der Waals surface area contributed by atoms with E-state index in [2.05, 4.69) is 9.97 Å².